The fraction of sp³-hybridized carbons (Fsp3) is 0.458. The van der Waals surface area contributed by atoms with Crippen molar-refractivity contribution >= 4 is 11.6 Å². The van der Waals surface area contributed by atoms with Crippen molar-refractivity contribution in [1.29, 1.82) is 0 Å². The molecule has 1 aromatic carbocycles. The van der Waals surface area contributed by atoms with Crippen molar-refractivity contribution < 1.29 is 15.0 Å². The third-order valence-electron chi connectivity index (χ3n) is 6.74. The van der Waals surface area contributed by atoms with Gasteiger partial charge in [0, 0.05) is 12.1 Å². The van der Waals surface area contributed by atoms with Crippen LogP contribution in [0.3, 0.4) is 0 Å². The van der Waals surface area contributed by atoms with Gasteiger partial charge in [-0.2, -0.15) is 0 Å². The zero-order valence-electron chi connectivity index (χ0n) is 16.7. The Balaban J connectivity index is 1.54. The van der Waals surface area contributed by atoms with Gasteiger partial charge < -0.3 is 15.5 Å². The van der Waals surface area contributed by atoms with Crippen LogP contribution in [0.25, 0.3) is 0 Å². The molecule has 1 amide bonds. The number of carbonyl (C=O) groups excluding carboxylic acids is 1. The van der Waals surface area contributed by atoms with Crippen molar-refractivity contribution in [2.24, 2.45) is 5.41 Å². The summed E-state index contributed by atoms with van der Waals surface area (Å²) in [6.45, 7) is 4.30. The number of anilines is 1. The minimum atomic E-state index is -0.526. The Labute approximate surface area is 166 Å². The molecule has 3 N–H and O–H groups in total. The number of aliphatic hydroxyl groups is 2. The van der Waals surface area contributed by atoms with Gasteiger partial charge in [0.25, 0.3) is 0 Å². The van der Waals surface area contributed by atoms with Gasteiger partial charge in [0.15, 0.2) is 5.76 Å². The van der Waals surface area contributed by atoms with E-state index in [0.29, 0.717) is 18.8 Å². The van der Waals surface area contributed by atoms with Crippen LogP contribution in [0, 0.1) is 12.3 Å². The van der Waals surface area contributed by atoms with Crippen LogP contribution in [0.4, 0.5) is 5.69 Å². The van der Waals surface area contributed by atoms with Gasteiger partial charge in [-0.1, -0.05) is 29.4 Å². The van der Waals surface area contributed by atoms with Crippen LogP contribution in [-0.2, 0) is 4.79 Å². The summed E-state index contributed by atoms with van der Waals surface area (Å²) >= 11 is 0. The molecule has 1 unspecified atom stereocenters. The van der Waals surface area contributed by atoms with Gasteiger partial charge >= 0.3 is 0 Å². The van der Waals surface area contributed by atoms with Crippen LogP contribution in [0.5, 0.6) is 0 Å². The zero-order chi connectivity index (χ0) is 19.9. The topological polar surface area (TPSA) is 69.6 Å². The lowest BCUT2D eigenvalue weighted by Crippen LogP contribution is -2.27. The van der Waals surface area contributed by atoms with Crippen molar-refractivity contribution in [3.63, 3.8) is 0 Å². The van der Waals surface area contributed by atoms with E-state index in [2.05, 4.69) is 31.3 Å². The fourth-order valence-corrected chi connectivity index (χ4v) is 4.62. The Morgan fingerprint density at radius 2 is 1.93 bits per heavy atom. The van der Waals surface area contributed by atoms with E-state index in [1.165, 1.54) is 11.1 Å². The summed E-state index contributed by atoms with van der Waals surface area (Å²) in [7, 11) is 0. The largest absolute Gasteiger partial charge is 0.508 e. The number of allylic oxidation sites excluding steroid dienone is 4. The number of aliphatic hydroxyl groups excluding tert-OH is 2. The second-order valence-corrected chi connectivity index (χ2v) is 8.58. The monoisotopic (exact) mass is 379 g/mol. The van der Waals surface area contributed by atoms with E-state index < -0.39 is 5.41 Å². The van der Waals surface area contributed by atoms with E-state index in [0.717, 1.165) is 48.9 Å². The smallest absolute Gasteiger partial charge is 0.234 e. The lowest BCUT2D eigenvalue weighted by molar-refractivity contribution is -0.120. The molecule has 1 atom stereocenters. The minimum absolute atomic E-state index is 0.00701. The fourth-order valence-electron chi connectivity index (χ4n) is 4.62. The Hall–Kier alpha value is -2.49. The Bertz CT molecular complexity index is 902. The lowest BCUT2D eigenvalue weighted by atomic mass is 9.82. The zero-order valence-corrected chi connectivity index (χ0v) is 16.7. The standard InChI is InChI=1S/C24H29NO3/c1-15-6-8-17(9-7-15)19-4-3-5-20(16(19)2)25-23(28)24(12-13-24)18-10-11-21(26)22(27)14-18/h3-6,14,17,26-27H,7-13H2,1-2H3,(H,25,28). The van der Waals surface area contributed by atoms with Crippen LogP contribution in [0.1, 0.15) is 68.9 Å². The molecule has 1 saturated carbocycles. The number of hydrogen-bond donors (Lipinski definition) is 3. The molecule has 4 nitrogen and oxygen atoms in total. The second-order valence-electron chi connectivity index (χ2n) is 8.58. The maximum atomic E-state index is 13.1. The van der Waals surface area contributed by atoms with E-state index in [-0.39, 0.29) is 17.4 Å². The molecule has 4 heteroatoms. The predicted molar refractivity (Wildman–Crippen MR) is 111 cm³/mol. The number of hydrogen-bond acceptors (Lipinski definition) is 3. The first-order valence-corrected chi connectivity index (χ1v) is 10.3. The molecular formula is C24H29NO3. The number of nitrogens with one attached hydrogen (secondary N) is 1. The van der Waals surface area contributed by atoms with Crippen LogP contribution in [0.2, 0.25) is 0 Å². The molecule has 3 aliphatic rings. The summed E-state index contributed by atoms with van der Waals surface area (Å²) in [5.41, 5.74) is 5.25. The van der Waals surface area contributed by atoms with Gasteiger partial charge in [0.1, 0.15) is 5.76 Å². The molecule has 0 bridgehead atoms. The number of carbonyl (C=O) groups is 1. The molecule has 1 aromatic rings. The molecule has 1 fully saturated rings. The maximum Gasteiger partial charge on any atom is 0.234 e. The van der Waals surface area contributed by atoms with Gasteiger partial charge in [-0.15, -0.1) is 0 Å². The first-order valence-electron chi connectivity index (χ1n) is 10.3. The van der Waals surface area contributed by atoms with Crippen molar-refractivity contribution in [2.45, 2.75) is 64.7 Å². The summed E-state index contributed by atoms with van der Waals surface area (Å²) in [4.78, 5) is 13.1. The Morgan fingerprint density at radius 3 is 2.57 bits per heavy atom. The highest BCUT2D eigenvalue weighted by Gasteiger charge is 2.53. The van der Waals surface area contributed by atoms with Crippen molar-refractivity contribution in [3.8, 4) is 0 Å². The molecule has 28 heavy (non-hydrogen) atoms. The first-order chi connectivity index (χ1) is 13.4. The second kappa shape index (κ2) is 7.16. The molecule has 4 rings (SSSR count). The van der Waals surface area contributed by atoms with Crippen molar-refractivity contribution in [3.05, 3.63) is 64.1 Å². The van der Waals surface area contributed by atoms with Gasteiger partial charge in [-0.25, -0.2) is 0 Å². The van der Waals surface area contributed by atoms with Crippen molar-refractivity contribution in [1.82, 2.24) is 0 Å². The van der Waals surface area contributed by atoms with Crippen LogP contribution in [-0.4, -0.2) is 16.1 Å². The van der Waals surface area contributed by atoms with Crippen LogP contribution in [0.15, 0.2) is 53.0 Å². The summed E-state index contributed by atoms with van der Waals surface area (Å²) < 4.78 is 0. The molecule has 148 valence electrons. The van der Waals surface area contributed by atoms with Crippen molar-refractivity contribution in [2.75, 3.05) is 5.32 Å². The molecule has 3 aliphatic carbocycles. The number of benzene rings is 1. The summed E-state index contributed by atoms with van der Waals surface area (Å²) in [6, 6.07) is 6.21. The SMILES string of the molecule is CC1=CCC(c2cccc(NC(=O)C3(C4=CC(O)=C(O)CC4)CC3)c2C)CC1. The Kier molecular flexibility index (Phi) is 4.82. The van der Waals surface area contributed by atoms with Gasteiger partial charge in [-0.05, 0) is 81.6 Å². The molecular weight excluding hydrogens is 350 g/mol. The minimum Gasteiger partial charge on any atom is -0.508 e. The lowest BCUT2D eigenvalue weighted by Gasteiger charge is -2.25. The van der Waals surface area contributed by atoms with Gasteiger partial charge in [0.2, 0.25) is 5.91 Å². The maximum absolute atomic E-state index is 13.1. The van der Waals surface area contributed by atoms with E-state index in [1.54, 1.807) is 6.08 Å². The van der Waals surface area contributed by atoms with E-state index in [9.17, 15) is 15.0 Å². The van der Waals surface area contributed by atoms with Crippen LogP contribution >= 0.6 is 0 Å². The highest BCUT2D eigenvalue weighted by molar-refractivity contribution is 6.00. The quantitative estimate of drug-likeness (QED) is 0.564. The molecule has 0 spiro atoms. The molecule has 0 aromatic heterocycles. The highest BCUT2D eigenvalue weighted by Crippen LogP contribution is 2.55. The summed E-state index contributed by atoms with van der Waals surface area (Å²) in [5.74, 6) is 0.438. The van der Waals surface area contributed by atoms with Gasteiger partial charge in [0.05, 0.1) is 5.41 Å². The summed E-state index contributed by atoms with van der Waals surface area (Å²) in [5, 5.41) is 22.7. The first kappa shape index (κ1) is 18.9. The third-order valence-corrected chi connectivity index (χ3v) is 6.74. The highest BCUT2D eigenvalue weighted by atomic mass is 16.3. The number of rotatable bonds is 4. The molecule has 0 saturated heterocycles. The van der Waals surface area contributed by atoms with E-state index >= 15 is 0 Å². The predicted octanol–water partition coefficient (Wildman–Crippen LogP) is 5.98. The Morgan fingerprint density at radius 1 is 1.14 bits per heavy atom. The van der Waals surface area contributed by atoms with Gasteiger partial charge in [-0.3, -0.25) is 4.79 Å². The average molecular weight is 380 g/mol. The van der Waals surface area contributed by atoms with E-state index in [4.69, 9.17) is 0 Å². The normalized spacial score (nSPS) is 23.7. The van der Waals surface area contributed by atoms with E-state index in [1.807, 2.05) is 12.1 Å². The molecule has 0 heterocycles. The molecule has 0 aliphatic heterocycles. The average Bonchev–Trinajstić information content (AvgIpc) is 3.48. The molecule has 0 radical (unpaired) electrons. The number of amides is 1. The summed E-state index contributed by atoms with van der Waals surface area (Å²) in [6.07, 6.45) is 9.90. The third kappa shape index (κ3) is 3.36. The van der Waals surface area contributed by atoms with Crippen LogP contribution < -0.4 is 5.32 Å².